The van der Waals surface area contributed by atoms with Gasteiger partial charge >= 0.3 is 0 Å². The van der Waals surface area contributed by atoms with Crippen LogP contribution in [0.1, 0.15) is 51.0 Å². The molecule has 2 N–H and O–H groups in total. The lowest BCUT2D eigenvalue weighted by Gasteiger charge is -2.34. The highest BCUT2D eigenvalue weighted by Gasteiger charge is 2.28. The van der Waals surface area contributed by atoms with Gasteiger partial charge in [0.1, 0.15) is 0 Å². The Morgan fingerprint density at radius 1 is 1.16 bits per heavy atom. The molecule has 0 bridgehead atoms. The third kappa shape index (κ3) is 3.95. The van der Waals surface area contributed by atoms with Gasteiger partial charge in [0.25, 0.3) is 0 Å². The van der Waals surface area contributed by atoms with E-state index in [1.807, 2.05) is 24.3 Å². The Kier molecular flexibility index (Phi) is 5.26. The van der Waals surface area contributed by atoms with Crippen molar-refractivity contribution in [2.75, 3.05) is 6.61 Å². The summed E-state index contributed by atoms with van der Waals surface area (Å²) in [7, 11) is 0. The first-order chi connectivity index (χ1) is 9.14. The number of nitrogens with one attached hydrogen (secondary N) is 1. The number of hydrogen-bond donors (Lipinski definition) is 2. The Balaban J connectivity index is 2.10. The Hall–Kier alpha value is -0.570. The van der Waals surface area contributed by atoms with E-state index in [9.17, 15) is 5.11 Å². The van der Waals surface area contributed by atoms with Crippen LogP contribution in [0.25, 0.3) is 0 Å². The molecule has 1 unspecified atom stereocenters. The molecular weight excluding hydrogens is 258 g/mol. The molecule has 1 aromatic carbocycles. The lowest BCUT2D eigenvalue weighted by atomic mass is 9.91. The van der Waals surface area contributed by atoms with E-state index in [0.29, 0.717) is 6.04 Å². The summed E-state index contributed by atoms with van der Waals surface area (Å²) in [6.07, 6.45) is 7.69. The fourth-order valence-corrected chi connectivity index (χ4v) is 3.04. The number of aliphatic hydroxyl groups is 1. The van der Waals surface area contributed by atoms with Crippen LogP contribution in [0.15, 0.2) is 24.3 Å². The molecule has 0 amide bonds. The molecule has 2 rings (SSSR count). The SMILES string of the molecule is CC(CO)(NC1CCCCCC1)c1ccc(Cl)cc1. The quantitative estimate of drug-likeness (QED) is 0.822. The van der Waals surface area contributed by atoms with E-state index < -0.39 is 0 Å². The highest BCUT2D eigenvalue weighted by molar-refractivity contribution is 6.30. The molecule has 1 aliphatic carbocycles. The van der Waals surface area contributed by atoms with E-state index in [1.165, 1.54) is 38.5 Å². The second kappa shape index (κ2) is 6.74. The second-order valence-corrected chi connectivity index (χ2v) is 6.27. The van der Waals surface area contributed by atoms with Gasteiger partial charge < -0.3 is 10.4 Å². The van der Waals surface area contributed by atoms with Crippen LogP contribution in [0, 0.1) is 0 Å². The fraction of sp³-hybridized carbons (Fsp3) is 0.625. The number of halogens is 1. The summed E-state index contributed by atoms with van der Waals surface area (Å²) in [6, 6.07) is 8.29. The van der Waals surface area contributed by atoms with E-state index in [0.717, 1.165) is 10.6 Å². The predicted molar refractivity (Wildman–Crippen MR) is 80.5 cm³/mol. The molecule has 1 fully saturated rings. The van der Waals surface area contributed by atoms with Gasteiger partial charge in [0.05, 0.1) is 12.1 Å². The maximum atomic E-state index is 9.81. The standard InChI is InChI=1S/C16H24ClNO/c1-16(12-19,13-8-10-14(17)11-9-13)18-15-6-4-2-3-5-7-15/h8-11,15,18-19H,2-7,12H2,1H3. The van der Waals surface area contributed by atoms with Crippen LogP contribution in [0.5, 0.6) is 0 Å². The first-order valence-corrected chi connectivity index (χ1v) is 7.66. The molecule has 19 heavy (non-hydrogen) atoms. The average Bonchev–Trinajstić information content (AvgIpc) is 2.68. The zero-order valence-corrected chi connectivity index (χ0v) is 12.4. The summed E-state index contributed by atoms with van der Waals surface area (Å²) in [4.78, 5) is 0. The van der Waals surface area contributed by atoms with Crippen molar-refractivity contribution in [2.45, 2.75) is 57.0 Å². The molecule has 1 aliphatic rings. The molecule has 0 spiro atoms. The minimum absolute atomic E-state index is 0.102. The number of rotatable bonds is 4. The van der Waals surface area contributed by atoms with Crippen LogP contribution < -0.4 is 5.32 Å². The van der Waals surface area contributed by atoms with Crippen molar-refractivity contribution in [1.29, 1.82) is 0 Å². The van der Waals surface area contributed by atoms with Crippen molar-refractivity contribution in [1.82, 2.24) is 5.32 Å². The molecule has 106 valence electrons. The molecule has 1 atom stereocenters. The summed E-state index contributed by atoms with van der Waals surface area (Å²) in [6.45, 7) is 2.17. The van der Waals surface area contributed by atoms with Gasteiger partial charge in [0.15, 0.2) is 0 Å². The summed E-state index contributed by atoms with van der Waals surface area (Å²) in [5.74, 6) is 0. The molecule has 0 heterocycles. The maximum Gasteiger partial charge on any atom is 0.0652 e. The van der Waals surface area contributed by atoms with Crippen LogP contribution in [0.3, 0.4) is 0 Å². The minimum atomic E-state index is -0.375. The summed E-state index contributed by atoms with van der Waals surface area (Å²) in [5.41, 5.74) is 0.725. The van der Waals surface area contributed by atoms with Gasteiger partial charge in [0, 0.05) is 11.1 Å². The molecule has 2 nitrogen and oxygen atoms in total. The minimum Gasteiger partial charge on any atom is -0.394 e. The Morgan fingerprint density at radius 3 is 2.26 bits per heavy atom. The van der Waals surface area contributed by atoms with E-state index >= 15 is 0 Å². The van der Waals surface area contributed by atoms with Crippen LogP contribution >= 0.6 is 11.6 Å². The number of hydrogen-bond acceptors (Lipinski definition) is 2. The van der Waals surface area contributed by atoms with Crippen molar-refractivity contribution in [2.24, 2.45) is 0 Å². The zero-order valence-electron chi connectivity index (χ0n) is 11.7. The van der Waals surface area contributed by atoms with Crippen LogP contribution in [-0.4, -0.2) is 17.8 Å². The third-order valence-electron chi connectivity index (χ3n) is 4.18. The van der Waals surface area contributed by atoms with E-state index in [2.05, 4.69) is 12.2 Å². The van der Waals surface area contributed by atoms with Crippen molar-refractivity contribution in [3.05, 3.63) is 34.9 Å². The fourth-order valence-electron chi connectivity index (χ4n) is 2.91. The first-order valence-electron chi connectivity index (χ1n) is 7.29. The van der Waals surface area contributed by atoms with Crippen molar-refractivity contribution >= 4 is 11.6 Å². The summed E-state index contributed by atoms with van der Waals surface area (Å²) >= 11 is 5.94. The van der Waals surface area contributed by atoms with Gasteiger partial charge in [-0.05, 0) is 37.5 Å². The van der Waals surface area contributed by atoms with Gasteiger partial charge in [-0.1, -0.05) is 49.4 Å². The van der Waals surface area contributed by atoms with Gasteiger partial charge in [-0.2, -0.15) is 0 Å². The summed E-state index contributed by atoms with van der Waals surface area (Å²) in [5, 5.41) is 14.2. The Labute approximate surface area is 121 Å². The lowest BCUT2D eigenvalue weighted by molar-refractivity contribution is 0.157. The van der Waals surface area contributed by atoms with Gasteiger partial charge in [-0.25, -0.2) is 0 Å². The molecule has 0 radical (unpaired) electrons. The van der Waals surface area contributed by atoms with Gasteiger partial charge in [0.2, 0.25) is 0 Å². The highest BCUT2D eigenvalue weighted by Crippen LogP contribution is 2.26. The van der Waals surface area contributed by atoms with Crippen molar-refractivity contribution in [3.63, 3.8) is 0 Å². The number of aliphatic hydroxyl groups excluding tert-OH is 1. The second-order valence-electron chi connectivity index (χ2n) is 5.83. The summed E-state index contributed by atoms with van der Waals surface area (Å²) < 4.78 is 0. The van der Waals surface area contributed by atoms with E-state index in [-0.39, 0.29) is 12.1 Å². The van der Waals surface area contributed by atoms with Gasteiger partial charge in [-0.3, -0.25) is 0 Å². The largest absolute Gasteiger partial charge is 0.394 e. The molecule has 1 aromatic rings. The van der Waals surface area contributed by atoms with Crippen molar-refractivity contribution < 1.29 is 5.11 Å². The van der Waals surface area contributed by atoms with Gasteiger partial charge in [-0.15, -0.1) is 0 Å². The predicted octanol–water partition coefficient (Wildman–Crippen LogP) is 3.86. The third-order valence-corrected chi connectivity index (χ3v) is 4.43. The normalized spacial score (nSPS) is 20.8. The smallest absolute Gasteiger partial charge is 0.0652 e. The molecule has 0 aliphatic heterocycles. The molecule has 1 saturated carbocycles. The van der Waals surface area contributed by atoms with Crippen molar-refractivity contribution in [3.8, 4) is 0 Å². The van der Waals surface area contributed by atoms with Crippen LogP contribution in [0.4, 0.5) is 0 Å². The Bertz CT molecular complexity index is 384. The average molecular weight is 282 g/mol. The molecular formula is C16H24ClNO. The maximum absolute atomic E-state index is 9.81. The van der Waals surface area contributed by atoms with E-state index in [4.69, 9.17) is 11.6 Å². The zero-order chi connectivity index (χ0) is 13.7. The lowest BCUT2D eigenvalue weighted by Crippen LogP contribution is -2.48. The van der Waals surface area contributed by atoms with Crippen LogP contribution in [-0.2, 0) is 5.54 Å². The molecule has 0 aromatic heterocycles. The monoisotopic (exact) mass is 281 g/mol. The Morgan fingerprint density at radius 2 is 1.74 bits per heavy atom. The van der Waals surface area contributed by atoms with E-state index in [1.54, 1.807) is 0 Å². The van der Waals surface area contributed by atoms with Crippen LogP contribution in [0.2, 0.25) is 5.02 Å². The topological polar surface area (TPSA) is 32.3 Å². The molecule has 0 saturated heterocycles. The highest BCUT2D eigenvalue weighted by atomic mass is 35.5. The molecule has 3 heteroatoms. The first kappa shape index (κ1) is 14.8. The number of benzene rings is 1.